The average molecular weight is 444 g/mol. The van der Waals surface area contributed by atoms with Crippen LogP contribution in [0.5, 0.6) is 0 Å². The third kappa shape index (κ3) is 4.87. The maximum Gasteiger partial charge on any atom is 0.266 e. The number of aromatic nitrogens is 1. The minimum atomic E-state index is -0.566. The summed E-state index contributed by atoms with van der Waals surface area (Å²) in [5.41, 5.74) is 0.324. The third-order valence-electron chi connectivity index (χ3n) is 4.97. The molecule has 1 fully saturated rings. The van der Waals surface area contributed by atoms with Crippen LogP contribution < -0.4 is 10.2 Å². The highest BCUT2D eigenvalue weighted by molar-refractivity contribution is 6.30. The largest absolute Gasteiger partial charge is 0.459 e. The minimum Gasteiger partial charge on any atom is -0.459 e. The molecule has 1 amide bonds. The second-order valence-electron chi connectivity index (χ2n) is 7.01. The number of anilines is 2. The highest BCUT2D eigenvalue weighted by Crippen LogP contribution is 2.29. The number of rotatable bonds is 6. The van der Waals surface area contributed by atoms with Crippen LogP contribution in [0.1, 0.15) is 12.1 Å². The van der Waals surface area contributed by atoms with Gasteiger partial charge in [-0.2, -0.15) is 10.2 Å². The molecule has 1 aromatic carbocycles. The van der Waals surface area contributed by atoms with Gasteiger partial charge in [0.1, 0.15) is 11.9 Å². The van der Waals surface area contributed by atoms with E-state index >= 15 is 0 Å². The van der Waals surface area contributed by atoms with E-state index in [9.17, 15) is 14.4 Å². The number of piperazine rings is 1. The third-order valence-corrected chi connectivity index (χ3v) is 5.20. The summed E-state index contributed by atoms with van der Waals surface area (Å²) >= 11 is 5.72. The first-order valence-electron chi connectivity index (χ1n) is 9.70. The number of carbonyl (C=O) groups excluding carboxylic acids is 1. The summed E-state index contributed by atoms with van der Waals surface area (Å²) < 4.78 is 24.9. The average Bonchev–Trinajstić information content (AvgIpc) is 3.44. The van der Waals surface area contributed by atoms with Crippen LogP contribution in [0.4, 0.5) is 16.0 Å². The Morgan fingerprint density at radius 1 is 1.29 bits per heavy atom. The number of nitrogens with zero attached hydrogens (tertiary/aromatic N) is 4. The number of halogens is 2. The highest BCUT2D eigenvalue weighted by atomic mass is 35.5. The Kier molecular flexibility index (Phi) is 6.21. The summed E-state index contributed by atoms with van der Waals surface area (Å²) in [6, 6.07) is 9.63. The number of hydrogen-bond donors (Lipinski definition) is 1. The molecule has 0 radical (unpaired) electrons. The summed E-state index contributed by atoms with van der Waals surface area (Å²) in [4.78, 5) is 20.5. The number of amides is 1. The van der Waals surface area contributed by atoms with Crippen molar-refractivity contribution < 1.29 is 18.0 Å². The number of hydrogen-bond acceptors (Lipinski definition) is 7. The van der Waals surface area contributed by atoms with Crippen LogP contribution in [-0.2, 0) is 4.79 Å². The van der Waals surface area contributed by atoms with Gasteiger partial charge in [0, 0.05) is 44.2 Å². The SMILES string of the molecule is N#Cc1nc(-c2ccco2)oc1N1CCN(CCC(=O)Nc2ccc(Cl)cc2F)CC1. The second-order valence-corrected chi connectivity index (χ2v) is 7.45. The lowest BCUT2D eigenvalue weighted by atomic mass is 10.2. The molecule has 1 saturated heterocycles. The lowest BCUT2D eigenvalue weighted by Crippen LogP contribution is -2.47. The van der Waals surface area contributed by atoms with E-state index in [1.165, 1.54) is 18.4 Å². The summed E-state index contributed by atoms with van der Waals surface area (Å²) in [7, 11) is 0. The predicted molar refractivity (Wildman–Crippen MR) is 112 cm³/mol. The molecule has 8 nitrogen and oxygen atoms in total. The van der Waals surface area contributed by atoms with Crippen molar-refractivity contribution in [3.05, 3.63) is 53.1 Å². The van der Waals surface area contributed by atoms with Gasteiger partial charge < -0.3 is 19.1 Å². The Morgan fingerprint density at radius 3 is 2.77 bits per heavy atom. The molecular weight excluding hydrogens is 425 g/mol. The van der Waals surface area contributed by atoms with Crippen LogP contribution in [-0.4, -0.2) is 48.5 Å². The van der Waals surface area contributed by atoms with Crippen LogP contribution in [0.15, 0.2) is 45.4 Å². The fourth-order valence-electron chi connectivity index (χ4n) is 3.34. The Morgan fingerprint density at radius 2 is 2.10 bits per heavy atom. The number of carbonyl (C=O) groups is 1. The fraction of sp³-hybridized carbons (Fsp3) is 0.286. The molecular formula is C21H19ClFN5O3. The van der Waals surface area contributed by atoms with E-state index in [-0.39, 0.29) is 34.6 Å². The zero-order valence-corrected chi connectivity index (χ0v) is 17.2. The molecule has 2 aromatic heterocycles. The predicted octanol–water partition coefficient (Wildman–Crippen LogP) is 3.75. The van der Waals surface area contributed by atoms with Crippen molar-refractivity contribution in [1.82, 2.24) is 9.88 Å². The molecule has 0 saturated carbocycles. The van der Waals surface area contributed by atoms with Gasteiger partial charge in [-0.1, -0.05) is 11.6 Å². The van der Waals surface area contributed by atoms with Gasteiger partial charge in [0.2, 0.25) is 17.5 Å². The van der Waals surface area contributed by atoms with E-state index in [4.69, 9.17) is 20.4 Å². The van der Waals surface area contributed by atoms with Crippen molar-refractivity contribution in [2.45, 2.75) is 6.42 Å². The Hall–Kier alpha value is -3.35. The first kappa shape index (κ1) is 20.9. The van der Waals surface area contributed by atoms with Crippen LogP contribution in [0.2, 0.25) is 5.02 Å². The van der Waals surface area contributed by atoms with Crippen LogP contribution in [0, 0.1) is 17.1 Å². The Bertz CT molecular complexity index is 1100. The molecule has 1 aliphatic heterocycles. The van der Waals surface area contributed by atoms with Crippen molar-refractivity contribution in [1.29, 1.82) is 5.26 Å². The van der Waals surface area contributed by atoms with E-state index in [1.807, 2.05) is 4.90 Å². The molecule has 0 unspecified atom stereocenters. The molecule has 1 N–H and O–H groups in total. The van der Waals surface area contributed by atoms with Crippen molar-refractivity contribution in [2.75, 3.05) is 42.9 Å². The number of nitrogens with one attached hydrogen (secondary N) is 1. The van der Waals surface area contributed by atoms with Gasteiger partial charge in [0.15, 0.2) is 5.76 Å². The van der Waals surface area contributed by atoms with Gasteiger partial charge in [0.25, 0.3) is 5.89 Å². The standard InChI is InChI=1S/C21H19ClFN5O3/c22-14-3-4-16(15(23)12-14)25-19(29)5-6-27-7-9-28(10-8-27)21-17(13-24)26-20(31-21)18-2-1-11-30-18/h1-4,11-12H,5-10H2,(H,25,29). The van der Waals surface area contributed by atoms with E-state index in [0.717, 1.165) is 6.07 Å². The molecule has 0 atom stereocenters. The summed E-state index contributed by atoms with van der Waals surface area (Å²) in [5, 5.41) is 12.2. The highest BCUT2D eigenvalue weighted by Gasteiger charge is 2.25. The van der Waals surface area contributed by atoms with Crippen LogP contribution in [0.25, 0.3) is 11.7 Å². The number of nitriles is 1. The second kappa shape index (κ2) is 9.20. The van der Waals surface area contributed by atoms with E-state index in [1.54, 1.807) is 12.1 Å². The smallest absolute Gasteiger partial charge is 0.266 e. The van der Waals surface area contributed by atoms with Gasteiger partial charge in [-0.05, 0) is 30.3 Å². The topological polar surface area (TPSA) is 98.5 Å². The van der Waals surface area contributed by atoms with Gasteiger partial charge in [-0.3, -0.25) is 9.69 Å². The molecule has 0 bridgehead atoms. The zero-order valence-electron chi connectivity index (χ0n) is 16.5. The molecule has 160 valence electrons. The molecule has 3 aromatic rings. The first-order chi connectivity index (χ1) is 15.0. The van der Waals surface area contributed by atoms with E-state index in [0.29, 0.717) is 44.4 Å². The van der Waals surface area contributed by atoms with Gasteiger partial charge in [0.05, 0.1) is 12.0 Å². The summed E-state index contributed by atoms with van der Waals surface area (Å²) in [6.45, 7) is 3.15. The maximum atomic E-state index is 13.8. The van der Waals surface area contributed by atoms with Crippen molar-refractivity contribution >= 4 is 29.1 Å². The number of furan rings is 1. The Labute approximate surface area is 182 Å². The molecule has 31 heavy (non-hydrogen) atoms. The van der Waals surface area contributed by atoms with Gasteiger partial charge in [-0.15, -0.1) is 0 Å². The first-order valence-corrected chi connectivity index (χ1v) is 10.1. The van der Waals surface area contributed by atoms with Crippen LogP contribution >= 0.6 is 11.6 Å². The number of benzene rings is 1. The van der Waals surface area contributed by atoms with Crippen LogP contribution in [0.3, 0.4) is 0 Å². The maximum absolute atomic E-state index is 13.8. The molecule has 10 heteroatoms. The quantitative estimate of drug-likeness (QED) is 0.619. The summed E-state index contributed by atoms with van der Waals surface area (Å²) in [6.07, 6.45) is 1.75. The lowest BCUT2D eigenvalue weighted by molar-refractivity contribution is -0.116. The van der Waals surface area contributed by atoms with Gasteiger partial charge >= 0.3 is 0 Å². The molecule has 3 heterocycles. The Balaban J connectivity index is 1.29. The molecule has 1 aliphatic rings. The van der Waals surface area contributed by atoms with Crippen molar-refractivity contribution in [3.63, 3.8) is 0 Å². The molecule has 4 rings (SSSR count). The minimum absolute atomic E-state index is 0.112. The lowest BCUT2D eigenvalue weighted by Gasteiger charge is -2.34. The molecule has 0 aliphatic carbocycles. The summed E-state index contributed by atoms with van der Waals surface area (Å²) in [5.74, 6) is 0.316. The van der Waals surface area contributed by atoms with Crippen molar-refractivity contribution in [3.8, 4) is 17.7 Å². The van der Waals surface area contributed by atoms with E-state index in [2.05, 4.69) is 21.3 Å². The molecule has 0 spiro atoms. The van der Waals surface area contributed by atoms with Crippen molar-refractivity contribution in [2.24, 2.45) is 0 Å². The van der Waals surface area contributed by atoms with E-state index < -0.39 is 5.82 Å². The number of oxazole rings is 1. The zero-order chi connectivity index (χ0) is 21.8. The van der Waals surface area contributed by atoms with Gasteiger partial charge in [-0.25, -0.2) is 4.39 Å². The normalized spacial score (nSPS) is 14.4. The fourth-order valence-corrected chi connectivity index (χ4v) is 3.50. The monoisotopic (exact) mass is 443 g/mol.